The van der Waals surface area contributed by atoms with E-state index in [0.29, 0.717) is 19.7 Å². The Morgan fingerprint density at radius 3 is 2.70 bits per heavy atom. The van der Waals surface area contributed by atoms with Crippen molar-refractivity contribution in [2.75, 3.05) is 44.6 Å². The van der Waals surface area contributed by atoms with Gasteiger partial charge in [0.1, 0.15) is 30.5 Å². The van der Waals surface area contributed by atoms with Crippen LogP contribution in [-0.2, 0) is 0 Å². The van der Waals surface area contributed by atoms with E-state index in [0.717, 1.165) is 43.9 Å². The van der Waals surface area contributed by atoms with E-state index in [9.17, 15) is 13.6 Å². The summed E-state index contributed by atoms with van der Waals surface area (Å²) < 4.78 is 32.4. The zero-order valence-electron chi connectivity index (χ0n) is 15.1. The number of halogens is 2. The number of hydrogen-bond acceptors (Lipinski definition) is 2. The number of carbonyl (C=O) groups excluding carboxylic acids is 1. The van der Waals surface area contributed by atoms with Gasteiger partial charge in [0.15, 0.2) is 0 Å². The third-order valence-corrected chi connectivity index (χ3v) is 4.62. The SMILES string of the molecule is O=C(Nc1ccc(F)cc1F)N1CCC[NH+](CCOc2ccccc2)CC1. The first-order valence-electron chi connectivity index (χ1n) is 9.14. The Labute approximate surface area is 157 Å². The van der Waals surface area contributed by atoms with Crippen LogP contribution in [0.2, 0.25) is 0 Å². The summed E-state index contributed by atoms with van der Waals surface area (Å²) in [4.78, 5) is 15.4. The van der Waals surface area contributed by atoms with Crippen molar-refractivity contribution in [2.24, 2.45) is 0 Å². The lowest BCUT2D eigenvalue weighted by atomic mass is 10.3. The van der Waals surface area contributed by atoms with Crippen molar-refractivity contribution >= 4 is 11.7 Å². The molecule has 1 fully saturated rings. The third kappa shape index (κ3) is 5.65. The molecule has 0 aliphatic carbocycles. The number of nitrogens with zero attached hydrogens (tertiary/aromatic N) is 1. The van der Waals surface area contributed by atoms with E-state index in [2.05, 4.69) is 5.32 Å². The van der Waals surface area contributed by atoms with Gasteiger partial charge in [-0.25, -0.2) is 13.6 Å². The second kappa shape index (κ2) is 9.32. The maximum Gasteiger partial charge on any atom is 0.322 e. The second-order valence-corrected chi connectivity index (χ2v) is 6.56. The van der Waals surface area contributed by atoms with E-state index in [4.69, 9.17) is 4.74 Å². The largest absolute Gasteiger partial charge is 0.488 e. The highest BCUT2D eigenvalue weighted by atomic mass is 19.1. The summed E-state index contributed by atoms with van der Waals surface area (Å²) in [5, 5.41) is 2.53. The normalized spacial score (nSPS) is 17.3. The molecule has 0 saturated carbocycles. The fourth-order valence-corrected chi connectivity index (χ4v) is 3.12. The predicted octanol–water partition coefficient (Wildman–Crippen LogP) is 2.17. The minimum atomic E-state index is -0.775. The molecule has 1 unspecified atom stereocenters. The van der Waals surface area contributed by atoms with Gasteiger partial charge in [0.25, 0.3) is 0 Å². The van der Waals surface area contributed by atoms with Crippen LogP contribution >= 0.6 is 0 Å². The maximum atomic E-state index is 13.7. The Hall–Kier alpha value is -2.67. The monoisotopic (exact) mass is 376 g/mol. The van der Waals surface area contributed by atoms with Gasteiger partial charge in [-0.05, 0) is 24.3 Å². The highest BCUT2D eigenvalue weighted by Crippen LogP contribution is 2.15. The highest BCUT2D eigenvalue weighted by Gasteiger charge is 2.22. The van der Waals surface area contributed by atoms with Crippen LogP contribution in [0, 0.1) is 11.6 Å². The van der Waals surface area contributed by atoms with E-state index in [1.807, 2.05) is 30.3 Å². The number of amides is 2. The number of rotatable bonds is 5. The van der Waals surface area contributed by atoms with Crippen LogP contribution in [0.5, 0.6) is 5.75 Å². The Morgan fingerprint density at radius 1 is 1.11 bits per heavy atom. The molecule has 1 saturated heterocycles. The van der Waals surface area contributed by atoms with Gasteiger partial charge >= 0.3 is 6.03 Å². The highest BCUT2D eigenvalue weighted by molar-refractivity contribution is 5.89. The van der Waals surface area contributed by atoms with Crippen molar-refractivity contribution in [3.63, 3.8) is 0 Å². The molecule has 0 aromatic heterocycles. The second-order valence-electron chi connectivity index (χ2n) is 6.56. The van der Waals surface area contributed by atoms with E-state index in [-0.39, 0.29) is 11.7 Å². The van der Waals surface area contributed by atoms with Crippen molar-refractivity contribution in [1.82, 2.24) is 4.90 Å². The zero-order chi connectivity index (χ0) is 19.1. The van der Waals surface area contributed by atoms with E-state index in [1.165, 1.54) is 11.0 Å². The number of anilines is 1. The molecule has 7 heteroatoms. The number of carbonyl (C=O) groups is 1. The van der Waals surface area contributed by atoms with Crippen molar-refractivity contribution in [1.29, 1.82) is 0 Å². The summed E-state index contributed by atoms with van der Waals surface area (Å²) in [6.45, 7) is 4.42. The average Bonchev–Trinajstić information content (AvgIpc) is 2.91. The topological polar surface area (TPSA) is 46.0 Å². The molecule has 5 nitrogen and oxygen atoms in total. The van der Waals surface area contributed by atoms with Crippen LogP contribution in [0.25, 0.3) is 0 Å². The first-order chi connectivity index (χ1) is 13.1. The first kappa shape index (κ1) is 19.1. The van der Waals surface area contributed by atoms with Crippen LogP contribution in [0.1, 0.15) is 6.42 Å². The fourth-order valence-electron chi connectivity index (χ4n) is 3.12. The molecule has 2 aromatic carbocycles. The van der Waals surface area contributed by atoms with Crippen molar-refractivity contribution in [2.45, 2.75) is 6.42 Å². The lowest BCUT2D eigenvalue weighted by molar-refractivity contribution is -0.898. The number of urea groups is 1. The lowest BCUT2D eigenvalue weighted by Gasteiger charge is -2.21. The van der Waals surface area contributed by atoms with E-state index < -0.39 is 11.6 Å². The Kier molecular flexibility index (Phi) is 6.59. The van der Waals surface area contributed by atoms with Crippen LogP contribution < -0.4 is 15.0 Å². The molecule has 144 valence electrons. The Balaban J connectivity index is 1.45. The van der Waals surface area contributed by atoms with Gasteiger partial charge in [-0.1, -0.05) is 18.2 Å². The molecule has 1 atom stereocenters. The number of benzene rings is 2. The molecule has 27 heavy (non-hydrogen) atoms. The molecule has 1 aliphatic heterocycles. The molecular weight excluding hydrogens is 352 g/mol. The zero-order valence-corrected chi connectivity index (χ0v) is 15.1. The maximum absolute atomic E-state index is 13.7. The number of para-hydroxylation sites is 1. The van der Waals surface area contributed by atoms with Gasteiger partial charge in [0.2, 0.25) is 0 Å². The van der Waals surface area contributed by atoms with Gasteiger partial charge < -0.3 is 19.9 Å². The van der Waals surface area contributed by atoms with Crippen molar-refractivity contribution in [3.05, 3.63) is 60.2 Å². The van der Waals surface area contributed by atoms with E-state index in [1.54, 1.807) is 4.90 Å². The van der Waals surface area contributed by atoms with Gasteiger partial charge in [0.05, 0.1) is 25.3 Å². The molecular formula is C20H24F2N3O2+. The Bertz CT molecular complexity index is 758. The molecule has 1 aliphatic rings. The van der Waals surface area contributed by atoms with Gasteiger partial charge in [-0.15, -0.1) is 0 Å². The quantitative estimate of drug-likeness (QED) is 0.840. The number of quaternary nitrogens is 1. The number of hydrogen-bond donors (Lipinski definition) is 2. The van der Waals surface area contributed by atoms with Crippen LogP contribution in [0.15, 0.2) is 48.5 Å². The van der Waals surface area contributed by atoms with Crippen LogP contribution in [0.3, 0.4) is 0 Å². The standard InChI is InChI=1S/C20H23F2N3O2/c21-16-7-8-19(18(22)15-16)23-20(26)25-10-4-9-24(11-12-25)13-14-27-17-5-2-1-3-6-17/h1-3,5-8,15H,4,9-14H2,(H,23,26)/p+1. The summed E-state index contributed by atoms with van der Waals surface area (Å²) >= 11 is 0. The number of nitrogens with one attached hydrogen (secondary N) is 2. The minimum Gasteiger partial charge on any atom is -0.488 e. The minimum absolute atomic E-state index is 0.00823. The molecule has 3 rings (SSSR count). The summed E-state index contributed by atoms with van der Waals surface area (Å²) in [6, 6.07) is 12.4. The summed E-state index contributed by atoms with van der Waals surface area (Å²) in [6.07, 6.45) is 0.861. The molecule has 2 aromatic rings. The molecule has 0 spiro atoms. The van der Waals surface area contributed by atoms with Crippen LogP contribution in [0.4, 0.5) is 19.3 Å². The molecule has 2 N–H and O–H groups in total. The first-order valence-corrected chi connectivity index (χ1v) is 9.14. The average molecular weight is 376 g/mol. The summed E-state index contributed by atoms with van der Waals surface area (Å²) in [5.74, 6) is -0.588. The fraction of sp³-hybridized carbons (Fsp3) is 0.350. The van der Waals surface area contributed by atoms with Gasteiger partial charge in [-0.3, -0.25) is 0 Å². The third-order valence-electron chi connectivity index (χ3n) is 4.62. The summed E-state index contributed by atoms with van der Waals surface area (Å²) in [5.41, 5.74) is -0.00823. The Morgan fingerprint density at radius 2 is 1.93 bits per heavy atom. The molecule has 0 radical (unpaired) electrons. The smallest absolute Gasteiger partial charge is 0.322 e. The molecule has 1 heterocycles. The number of ether oxygens (including phenoxy) is 1. The van der Waals surface area contributed by atoms with Gasteiger partial charge in [-0.2, -0.15) is 0 Å². The van der Waals surface area contributed by atoms with Crippen molar-refractivity contribution < 1.29 is 23.2 Å². The molecule has 2 amide bonds. The lowest BCUT2D eigenvalue weighted by Crippen LogP contribution is -3.13. The molecule has 0 bridgehead atoms. The van der Waals surface area contributed by atoms with Gasteiger partial charge in [0, 0.05) is 19.0 Å². The van der Waals surface area contributed by atoms with E-state index >= 15 is 0 Å². The summed E-state index contributed by atoms with van der Waals surface area (Å²) in [7, 11) is 0. The van der Waals surface area contributed by atoms with Crippen LogP contribution in [-0.4, -0.2) is 50.3 Å². The van der Waals surface area contributed by atoms with Crippen molar-refractivity contribution in [3.8, 4) is 5.75 Å². The predicted molar refractivity (Wildman–Crippen MR) is 99.1 cm³/mol.